The normalized spacial score (nSPS) is 11.5. The first-order chi connectivity index (χ1) is 27.4. The van der Waals surface area contributed by atoms with Crippen molar-refractivity contribution >= 4 is 73.0 Å². The fraction of sp³-hybridized carbons (Fsp3) is 0.0769. The largest absolute Gasteiger partial charge is 0.335 e. The molecule has 0 N–H and O–H groups in total. The van der Waals surface area contributed by atoms with Crippen molar-refractivity contribution in [3.8, 4) is 0 Å². The fourth-order valence-electron chi connectivity index (χ4n) is 8.01. The number of benzene rings is 8. The van der Waals surface area contributed by atoms with Crippen molar-refractivity contribution in [1.29, 1.82) is 0 Å². The molecule has 0 fully saturated rings. The Balaban J connectivity index is 1.27. The minimum Gasteiger partial charge on any atom is -0.335 e. The van der Waals surface area contributed by atoms with E-state index in [1.54, 1.807) is 0 Å². The number of para-hydroxylation sites is 5. The minimum absolute atomic E-state index is 0.137. The molecule has 4 heteroatoms. The Kier molecular flexibility index (Phi) is 9.08. The monoisotopic (exact) mass is 724 g/mol. The summed E-state index contributed by atoms with van der Waals surface area (Å²) in [5.74, 6) is 0. The van der Waals surface area contributed by atoms with Crippen LogP contribution in [0.15, 0.2) is 212 Å². The van der Waals surface area contributed by atoms with E-state index in [0.29, 0.717) is 0 Å². The smallest absolute Gasteiger partial charge is 0.0517 e. The molecule has 56 heavy (non-hydrogen) atoms. The summed E-state index contributed by atoms with van der Waals surface area (Å²) < 4.78 is 2.49. The molecule has 0 bridgehead atoms. The van der Waals surface area contributed by atoms with Gasteiger partial charge in [-0.25, -0.2) is 0 Å². The first-order valence-corrected chi connectivity index (χ1v) is 19.3. The number of aromatic nitrogens is 1. The molecule has 9 rings (SSSR count). The number of anilines is 9. The van der Waals surface area contributed by atoms with E-state index in [1.165, 1.54) is 21.8 Å². The van der Waals surface area contributed by atoms with Crippen molar-refractivity contribution in [1.82, 2.24) is 4.57 Å². The van der Waals surface area contributed by atoms with E-state index in [1.807, 2.05) is 0 Å². The van der Waals surface area contributed by atoms with Crippen LogP contribution in [0.4, 0.5) is 51.2 Å². The molecule has 0 atom stereocenters. The van der Waals surface area contributed by atoms with Crippen LogP contribution in [0.25, 0.3) is 21.8 Å². The summed E-state index contributed by atoms with van der Waals surface area (Å²) in [4.78, 5) is 7.05. The van der Waals surface area contributed by atoms with Crippen molar-refractivity contribution < 1.29 is 0 Å². The van der Waals surface area contributed by atoms with Gasteiger partial charge in [0, 0.05) is 73.0 Å². The summed E-state index contributed by atoms with van der Waals surface area (Å²) in [6.07, 6.45) is 0. The lowest BCUT2D eigenvalue weighted by Gasteiger charge is -2.31. The molecule has 0 radical (unpaired) electrons. The van der Waals surface area contributed by atoms with Gasteiger partial charge in [-0.05, 0) is 124 Å². The van der Waals surface area contributed by atoms with Gasteiger partial charge in [0.05, 0.1) is 5.52 Å². The SMILES string of the molecule is CC(C)(C)n1c2ccccc2c2ccc(N(c3cccc(N(c4ccccc4)c4ccccc4)c3)c3cccc(N(c4ccccc4)c4ccccc4)c3)cc21. The van der Waals surface area contributed by atoms with E-state index >= 15 is 0 Å². The molecule has 0 aliphatic rings. The molecule has 0 saturated heterocycles. The molecule has 9 aromatic rings. The van der Waals surface area contributed by atoms with E-state index in [0.717, 1.165) is 51.2 Å². The molecular formula is C52H44N4. The van der Waals surface area contributed by atoms with E-state index in [9.17, 15) is 0 Å². The molecule has 0 unspecified atom stereocenters. The maximum absolute atomic E-state index is 2.49. The van der Waals surface area contributed by atoms with Gasteiger partial charge in [-0.15, -0.1) is 0 Å². The standard InChI is InChI=1S/C52H44N4/c1-52(2,3)56-50-33-17-16-32-48(50)49-35-34-47(38-51(49)56)55(45-30-18-28-43(36-45)53(39-20-8-4-9-21-39)40-22-10-5-11-23-40)46-31-19-29-44(37-46)54(41-24-12-6-13-25-41)42-26-14-7-15-27-42/h4-38H,1-3H3. The lowest BCUT2D eigenvalue weighted by Crippen LogP contribution is -2.21. The highest BCUT2D eigenvalue weighted by atomic mass is 15.2. The average molecular weight is 725 g/mol. The van der Waals surface area contributed by atoms with Crippen LogP contribution >= 0.6 is 0 Å². The topological polar surface area (TPSA) is 14.7 Å². The predicted octanol–water partition coefficient (Wildman–Crippen LogP) is 15.0. The highest BCUT2D eigenvalue weighted by Gasteiger charge is 2.24. The van der Waals surface area contributed by atoms with Crippen LogP contribution < -0.4 is 14.7 Å². The van der Waals surface area contributed by atoms with Crippen molar-refractivity contribution in [2.24, 2.45) is 0 Å². The Labute approximate surface area is 329 Å². The third kappa shape index (κ3) is 6.56. The molecule has 0 amide bonds. The summed E-state index contributed by atoms with van der Waals surface area (Å²) in [6, 6.07) is 75.9. The second-order valence-corrected chi connectivity index (χ2v) is 15.1. The van der Waals surface area contributed by atoms with E-state index in [4.69, 9.17) is 0 Å². The first-order valence-electron chi connectivity index (χ1n) is 19.3. The second-order valence-electron chi connectivity index (χ2n) is 15.1. The molecule has 0 saturated carbocycles. The molecule has 1 aromatic heterocycles. The molecule has 0 spiro atoms. The summed E-state index contributed by atoms with van der Waals surface area (Å²) in [5.41, 5.74) is 12.0. The highest BCUT2D eigenvalue weighted by molar-refractivity contribution is 6.09. The van der Waals surface area contributed by atoms with Crippen LogP contribution in [0.1, 0.15) is 20.8 Å². The zero-order valence-corrected chi connectivity index (χ0v) is 32.0. The van der Waals surface area contributed by atoms with Crippen molar-refractivity contribution in [3.63, 3.8) is 0 Å². The van der Waals surface area contributed by atoms with Gasteiger partial charge in [-0.2, -0.15) is 0 Å². The van der Waals surface area contributed by atoms with Gasteiger partial charge in [-0.1, -0.05) is 109 Å². The molecule has 1 heterocycles. The molecule has 272 valence electrons. The maximum Gasteiger partial charge on any atom is 0.0517 e. The number of hydrogen-bond donors (Lipinski definition) is 0. The zero-order chi connectivity index (χ0) is 38.1. The fourth-order valence-corrected chi connectivity index (χ4v) is 8.01. The van der Waals surface area contributed by atoms with Crippen LogP contribution in [0.3, 0.4) is 0 Å². The quantitative estimate of drug-likeness (QED) is 0.147. The Morgan fingerprint density at radius 3 is 1.02 bits per heavy atom. The lowest BCUT2D eigenvalue weighted by atomic mass is 10.1. The summed E-state index contributed by atoms with van der Waals surface area (Å²) in [6.45, 7) is 6.87. The van der Waals surface area contributed by atoms with Gasteiger partial charge in [-0.3, -0.25) is 0 Å². The third-order valence-corrected chi connectivity index (χ3v) is 10.3. The van der Waals surface area contributed by atoms with Gasteiger partial charge in [0.2, 0.25) is 0 Å². The Morgan fingerprint density at radius 1 is 0.286 bits per heavy atom. The van der Waals surface area contributed by atoms with Gasteiger partial charge in [0.15, 0.2) is 0 Å². The highest BCUT2D eigenvalue weighted by Crippen LogP contribution is 2.44. The number of hydrogen-bond acceptors (Lipinski definition) is 3. The van der Waals surface area contributed by atoms with Gasteiger partial charge < -0.3 is 19.3 Å². The summed E-state index contributed by atoms with van der Waals surface area (Å²) in [5, 5.41) is 2.52. The zero-order valence-electron chi connectivity index (χ0n) is 32.0. The molecule has 0 aliphatic carbocycles. The average Bonchev–Trinajstić information content (AvgIpc) is 3.58. The summed E-state index contributed by atoms with van der Waals surface area (Å²) in [7, 11) is 0. The van der Waals surface area contributed by atoms with Gasteiger partial charge in [0.25, 0.3) is 0 Å². The minimum atomic E-state index is -0.137. The van der Waals surface area contributed by atoms with Gasteiger partial charge >= 0.3 is 0 Å². The molecule has 8 aromatic carbocycles. The molecule has 4 nitrogen and oxygen atoms in total. The first kappa shape index (κ1) is 34.7. The number of rotatable bonds is 9. The van der Waals surface area contributed by atoms with E-state index in [2.05, 4.69) is 252 Å². The second kappa shape index (κ2) is 14.7. The number of fused-ring (bicyclic) bond motifs is 3. The van der Waals surface area contributed by atoms with Crippen LogP contribution in [0.5, 0.6) is 0 Å². The van der Waals surface area contributed by atoms with E-state index in [-0.39, 0.29) is 5.54 Å². The van der Waals surface area contributed by atoms with Crippen molar-refractivity contribution in [3.05, 3.63) is 212 Å². The van der Waals surface area contributed by atoms with E-state index < -0.39 is 0 Å². The van der Waals surface area contributed by atoms with Crippen molar-refractivity contribution in [2.75, 3.05) is 14.7 Å². The van der Waals surface area contributed by atoms with Crippen LogP contribution in [0, 0.1) is 0 Å². The summed E-state index contributed by atoms with van der Waals surface area (Å²) >= 11 is 0. The maximum atomic E-state index is 2.49. The van der Waals surface area contributed by atoms with Crippen LogP contribution in [-0.4, -0.2) is 4.57 Å². The Bertz CT molecular complexity index is 2530. The molecular weight excluding hydrogens is 681 g/mol. The van der Waals surface area contributed by atoms with Crippen LogP contribution in [0.2, 0.25) is 0 Å². The Hall–Kier alpha value is -7.04. The Morgan fingerprint density at radius 2 is 0.607 bits per heavy atom. The third-order valence-electron chi connectivity index (χ3n) is 10.3. The number of nitrogens with zero attached hydrogens (tertiary/aromatic N) is 4. The predicted molar refractivity (Wildman–Crippen MR) is 238 cm³/mol. The molecule has 0 aliphatic heterocycles. The van der Waals surface area contributed by atoms with Crippen molar-refractivity contribution in [2.45, 2.75) is 26.3 Å². The van der Waals surface area contributed by atoms with Gasteiger partial charge in [0.1, 0.15) is 0 Å². The van der Waals surface area contributed by atoms with Crippen LogP contribution in [-0.2, 0) is 5.54 Å². The lowest BCUT2D eigenvalue weighted by molar-refractivity contribution is 0.423.